The van der Waals surface area contributed by atoms with Crippen molar-refractivity contribution in [3.8, 4) is 0 Å². The van der Waals surface area contributed by atoms with Crippen LogP contribution < -0.4 is 0 Å². The van der Waals surface area contributed by atoms with Crippen molar-refractivity contribution in [2.75, 3.05) is 7.05 Å². The number of aliphatic imine (C=N–C) groups is 1. The van der Waals surface area contributed by atoms with Gasteiger partial charge in [0.05, 0.1) is 3.72 Å². The van der Waals surface area contributed by atoms with E-state index in [1.807, 2.05) is 12.2 Å². The summed E-state index contributed by atoms with van der Waals surface area (Å²) in [6.45, 7) is 3.52. The van der Waals surface area contributed by atoms with Gasteiger partial charge in [-0.05, 0) is 28.7 Å². The number of rotatable bonds is 2. The topological polar surface area (TPSA) is 12.4 Å². The number of hydrogen-bond acceptors (Lipinski definition) is 1. The molecule has 0 aromatic heterocycles. The Kier molecular flexibility index (Phi) is 4.95. The Morgan fingerprint density at radius 3 is 2.75 bits per heavy atom. The molecule has 1 nitrogen and oxygen atoms in total. The average Bonchev–Trinajstić information content (AvgIpc) is 1.83. The van der Waals surface area contributed by atoms with Crippen LogP contribution in [-0.2, 0) is 0 Å². The van der Waals surface area contributed by atoms with Gasteiger partial charge in [0.25, 0.3) is 0 Å². The van der Waals surface area contributed by atoms with Crippen LogP contribution in [0.4, 0.5) is 0 Å². The zero-order valence-corrected chi connectivity index (χ0v) is 6.92. The maximum Gasteiger partial charge on any atom is 0.0950 e. The Morgan fingerprint density at radius 2 is 2.38 bits per heavy atom. The third kappa shape index (κ3) is 4.05. The lowest BCUT2D eigenvalue weighted by atomic mass is 10.5. The fraction of sp³-hybridized carbons (Fsp3) is 0.167. The van der Waals surface area contributed by atoms with Gasteiger partial charge in [-0.3, -0.25) is 4.99 Å². The van der Waals surface area contributed by atoms with Crippen LogP contribution in [-0.4, -0.2) is 10.8 Å². The van der Waals surface area contributed by atoms with E-state index in [0.717, 1.165) is 3.72 Å². The Labute approximate surface area is 63.3 Å². The fourth-order valence-corrected chi connectivity index (χ4v) is 0.430. The highest BCUT2D eigenvalue weighted by Crippen LogP contribution is 1.90. The third-order valence-corrected chi connectivity index (χ3v) is 1.43. The van der Waals surface area contributed by atoms with Gasteiger partial charge in [-0.25, -0.2) is 0 Å². The summed E-state index contributed by atoms with van der Waals surface area (Å²) in [7, 11) is 1.76. The first-order valence-corrected chi connectivity index (χ1v) is 3.30. The molecule has 0 spiro atoms. The molecule has 0 fully saturated rings. The van der Waals surface area contributed by atoms with Gasteiger partial charge < -0.3 is 0 Å². The molecule has 0 saturated carbocycles. The summed E-state index contributed by atoms with van der Waals surface area (Å²) in [4.78, 5) is 3.89. The van der Waals surface area contributed by atoms with Crippen LogP contribution in [0, 0.1) is 0 Å². The van der Waals surface area contributed by atoms with Crippen LogP contribution in [0.15, 0.2) is 29.8 Å². The van der Waals surface area contributed by atoms with Gasteiger partial charge in [0.1, 0.15) is 0 Å². The summed E-state index contributed by atoms with van der Waals surface area (Å²) in [6.07, 6.45) is 5.48. The molecule has 0 aromatic carbocycles. The number of halogens is 1. The van der Waals surface area contributed by atoms with Crippen LogP contribution in [0.1, 0.15) is 0 Å². The molecule has 0 aliphatic heterocycles. The molecule has 0 amide bonds. The van der Waals surface area contributed by atoms with Gasteiger partial charge in [-0.15, -0.1) is 0 Å². The van der Waals surface area contributed by atoms with Crippen molar-refractivity contribution in [1.82, 2.24) is 0 Å². The lowest BCUT2D eigenvalue weighted by molar-refractivity contribution is 1.47. The molecule has 8 heavy (non-hydrogen) atoms. The van der Waals surface area contributed by atoms with Crippen molar-refractivity contribution in [2.45, 2.75) is 0 Å². The molecule has 2 heteroatoms. The van der Waals surface area contributed by atoms with Gasteiger partial charge in [0.2, 0.25) is 0 Å². The van der Waals surface area contributed by atoms with Crippen LogP contribution in [0.2, 0.25) is 0 Å². The Bertz CT molecular complexity index is 124. The minimum Gasteiger partial charge on any atom is -0.282 e. The summed E-state index contributed by atoms with van der Waals surface area (Å²) >= 11 is 2.14. The van der Waals surface area contributed by atoms with E-state index in [9.17, 15) is 0 Å². The van der Waals surface area contributed by atoms with Gasteiger partial charge in [0, 0.05) is 7.05 Å². The predicted octanol–water partition coefficient (Wildman–Crippen LogP) is 2.19. The Morgan fingerprint density at radius 1 is 1.75 bits per heavy atom. The van der Waals surface area contributed by atoms with Crippen molar-refractivity contribution >= 4 is 26.3 Å². The normalized spacial score (nSPS) is 12.5. The van der Waals surface area contributed by atoms with E-state index in [4.69, 9.17) is 0 Å². The van der Waals surface area contributed by atoms with Gasteiger partial charge in [-0.2, -0.15) is 0 Å². The summed E-state index contributed by atoms with van der Waals surface area (Å²) in [5.74, 6) is 0. The van der Waals surface area contributed by atoms with Crippen LogP contribution in [0.5, 0.6) is 0 Å². The van der Waals surface area contributed by atoms with E-state index in [1.54, 1.807) is 13.1 Å². The van der Waals surface area contributed by atoms with Crippen molar-refractivity contribution in [2.24, 2.45) is 4.99 Å². The van der Waals surface area contributed by atoms with Crippen LogP contribution in [0.25, 0.3) is 0 Å². The second kappa shape index (κ2) is 5.03. The first kappa shape index (κ1) is 7.88. The number of allylic oxidation sites excluding steroid dienone is 3. The van der Waals surface area contributed by atoms with E-state index in [0.29, 0.717) is 0 Å². The Hall–Kier alpha value is -0.120. The van der Waals surface area contributed by atoms with Crippen LogP contribution >= 0.6 is 22.6 Å². The van der Waals surface area contributed by atoms with Crippen molar-refractivity contribution in [3.05, 3.63) is 24.8 Å². The lowest BCUT2D eigenvalue weighted by Gasteiger charge is -1.79. The monoisotopic (exact) mass is 221 g/mol. The molecule has 0 aliphatic carbocycles. The molecule has 0 aromatic rings. The molecule has 0 aliphatic rings. The molecule has 0 atom stereocenters. The summed E-state index contributed by atoms with van der Waals surface area (Å²) in [5, 5.41) is 0. The smallest absolute Gasteiger partial charge is 0.0950 e. The number of nitrogens with zero attached hydrogens (tertiary/aromatic N) is 1. The van der Waals surface area contributed by atoms with E-state index in [1.165, 1.54) is 0 Å². The second-order valence-electron chi connectivity index (χ2n) is 1.14. The average molecular weight is 221 g/mol. The largest absolute Gasteiger partial charge is 0.282 e. The highest BCUT2D eigenvalue weighted by atomic mass is 127. The zero-order valence-electron chi connectivity index (χ0n) is 4.76. The van der Waals surface area contributed by atoms with E-state index in [-0.39, 0.29) is 0 Å². The quantitative estimate of drug-likeness (QED) is 0.385. The van der Waals surface area contributed by atoms with Gasteiger partial charge in [-0.1, -0.05) is 18.7 Å². The van der Waals surface area contributed by atoms with E-state index < -0.39 is 0 Å². The zero-order chi connectivity index (χ0) is 6.41. The van der Waals surface area contributed by atoms with E-state index in [2.05, 4.69) is 34.2 Å². The molecular formula is C6H8IN. The van der Waals surface area contributed by atoms with Crippen LogP contribution in [0.3, 0.4) is 0 Å². The summed E-state index contributed by atoms with van der Waals surface area (Å²) < 4.78 is 0.988. The Balaban J connectivity index is 3.69. The maximum absolute atomic E-state index is 3.89. The summed E-state index contributed by atoms with van der Waals surface area (Å²) in [5.41, 5.74) is 0. The molecule has 0 N–H and O–H groups in total. The summed E-state index contributed by atoms with van der Waals surface area (Å²) in [6, 6.07) is 0. The predicted molar refractivity (Wildman–Crippen MR) is 46.7 cm³/mol. The van der Waals surface area contributed by atoms with Crippen molar-refractivity contribution < 1.29 is 0 Å². The standard InChI is InChI=1S/C6H8IN/c1-3-4-5-6(7)8-2/h3-5H,1H2,2H3/b5-4-,8-6?. The first-order chi connectivity index (χ1) is 3.81. The molecule has 0 unspecified atom stereocenters. The van der Waals surface area contributed by atoms with Gasteiger partial charge >= 0.3 is 0 Å². The minimum atomic E-state index is 0.988. The van der Waals surface area contributed by atoms with Gasteiger partial charge in [0.15, 0.2) is 0 Å². The SMILES string of the molecule is C=C/C=C\C(I)=NC. The molecule has 44 valence electrons. The minimum absolute atomic E-state index is 0.988. The van der Waals surface area contributed by atoms with Crippen molar-refractivity contribution in [1.29, 1.82) is 0 Å². The number of hydrogen-bond donors (Lipinski definition) is 0. The van der Waals surface area contributed by atoms with E-state index >= 15 is 0 Å². The molecule has 0 saturated heterocycles. The molecule has 0 bridgehead atoms. The van der Waals surface area contributed by atoms with Crippen molar-refractivity contribution in [3.63, 3.8) is 0 Å². The molecule has 0 radical (unpaired) electrons. The fourth-order valence-electron chi connectivity index (χ4n) is 0.222. The lowest BCUT2D eigenvalue weighted by Crippen LogP contribution is -1.73. The maximum atomic E-state index is 3.89. The highest BCUT2D eigenvalue weighted by molar-refractivity contribution is 14.1. The molecule has 0 rings (SSSR count). The molecule has 0 heterocycles. The first-order valence-electron chi connectivity index (χ1n) is 2.22. The third-order valence-electron chi connectivity index (χ3n) is 0.583. The highest BCUT2D eigenvalue weighted by Gasteiger charge is 1.75. The second-order valence-corrected chi connectivity index (χ2v) is 2.25. The molecular weight excluding hydrogens is 213 g/mol.